The summed E-state index contributed by atoms with van der Waals surface area (Å²) in [5.74, 6) is 0. The highest BCUT2D eigenvalue weighted by Crippen LogP contribution is 2.11. The third-order valence-corrected chi connectivity index (χ3v) is 2.13. The van der Waals surface area contributed by atoms with Crippen molar-refractivity contribution < 1.29 is 0 Å². The second-order valence-electron chi connectivity index (χ2n) is 2.60. The molecular weight excluding hydrogens is 151 g/mol. The van der Waals surface area contributed by atoms with Crippen LogP contribution in [0.2, 0.25) is 0 Å². The molecule has 1 unspecified atom stereocenters. The van der Waals surface area contributed by atoms with Crippen LogP contribution < -0.4 is 5.30 Å². The smallest absolute Gasteiger partial charge is 0.0224 e. The summed E-state index contributed by atoms with van der Waals surface area (Å²) in [7, 11) is 2.70. The van der Waals surface area contributed by atoms with Crippen LogP contribution in [0.5, 0.6) is 0 Å². The molecule has 1 aromatic rings. The molecule has 1 atom stereocenters. The minimum atomic E-state index is 1.24. The highest BCUT2D eigenvalue weighted by molar-refractivity contribution is 7.27. The lowest BCUT2D eigenvalue weighted by molar-refractivity contribution is 1.56. The van der Waals surface area contributed by atoms with Gasteiger partial charge in [0.1, 0.15) is 0 Å². The van der Waals surface area contributed by atoms with Crippen molar-refractivity contribution in [1.29, 1.82) is 0 Å². The third-order valence-electron chi connectivity index (χ3n) is 1.77. The van der Waals surface area contributed by atoms with Crippen LogP contribution in [0.15, 0.2) is 30.3 Å². The van der Waals surface area contributed by atoms with Gasteiger partial charge in [0.15, 0.2) is 0 Å². The summed E-state index contributed by atoms with van der Waals surface area (Å²) in [5, 5.41) is 1.24. The molecule has 0 N–H and O–H groups in total. The minimum Gasteiger partial charge on any atom is -0.106 e. The van der Waals surface area contributed by atoms with Crippen molar-refractivity contribution >= 4 is 20.1 Å². The molecule has 0 saturated carbocycles. The van der Waals surface area contributed by atoms with E-state index in [-0.39, 0.29) is 0 Å². The largest absolute Gasteiger partial charge is 0.106 e. The van der Waals surface area contributed by atoms with Crippen molar-refractivity contribution in [3.63, 3.8) is 0 Å². The molecule has 11 heavy (non-hydrogen) atoms. The van der Waals surface area contributed by atoms with Crippen LogP contribution >= 0.6 is 9.24 Å². The molecule has 0 aliphatic heterocycles. The highest BCUT2D eigenvalue weighted by Gasteiger charge is 1.92. The van der Waals surface area contributed by atoms with Crippen LogP contribution in [-0.2, 0) is 0 Å². The number of rotatable bonds is 1. The second-order valence-corrected chi connectivity index (χ2v) is 3.26. The Balaban J connectivity index is 3.06. The van der Waals surface area contributed by atoms with Gasteiger partial charge in [0.05, 0.1) is 0 Å². The van der Waals surface area contributed by atoms with Crippen molar-refractivity contribution in [1.82, 2.24) is 0 Å². The minimum absolute atomic E-state index is 1.24. The third kappa shape index (κ3) is 2.17. The zero-order chi connectivity index (χ0) is 8.27. The molecule has 0 spiro atoms. The van der Waals surface area contributed by atoms with Crippen LogP contribution in [0.3, 0.4) is 0 Å². The highest BCUT2D eigenvalue weighted by atomic mass is 31.0. The molecule has 0 saturated heterocycles. The number of hydrogen-bond acceptors (Lipinski definition) is 0. The summed E-state index contributed by atoms with van der Waals surface area (Å²) < 4.78 is 0. The molecule has 0 bridgehead atoms. The van der Waals surface area contributed by atoms with E-state index in [9.17, 15) is 0 Å². The summed E-state index contributed by atoms with van der Waals surface area (Å²) in [4.78, 5) is 0. The van der Waals surface area contributed by atoms with Crippen LogP contribution in [0, 0.1) is 0 Å². The first-order valence-electron chi connectivity index (χ1n) is 3.73. The Morgan fingerprint density at radius 3 is 2.73 bits per heavy atom. The first kappa shape index (κ1) is 8.49. The van der Waals surface area contributed by atoms with Gasteiger partial charge < -0.3 is 0 Å². The van der Waals surface area contributed by atoms with E-state index in [4.69, 9.17) is 0 Å². The molecule has 0 radical (unpaired) electrons. The van der Waals surface area contributed by atoms with Gasteiger partial charge in [-0.15, -0.1) is 9.24 Å². The fourth-order valence-corrected chi connectivity index (χ4v) is 1.24. The molecule has 0 aromatic heterocycles. The number of allylic oxidation sites excluding steroid dienone is 2. The van der Waals surface area contributed by atoms with Gasteiger partial charge >= 0.3 is 0 Å². The predicted molar refractivity (Wildman–Crippen MR) is 55.1 cm³/mol. The van der Waals surface area contributed by atoms with E-state index >= 15 is 0 Å². The van der Waals surface area contributed by atoms with Gasteiger partial charge in [0.2, 0.25) is 0 Å². The summed E-state index contributed by atoms with van der Waals surface area (Å²) in [6.45, 7) is 4.18. The van der Waals surface area contributed by atoms with E-state index in [0.29, 0.717) is 0 Å². The average Bonchev–Trinajstić information content (AvgIpc) is 2.03. The molecule has 1 aromatic carbocycles. The first-order valence-corrected chi connectivity index (χ1v) is 4.30. The zero-order valence-corrected chi connectivity index (χ0v) is 8.12. The van der Waals surface area contributed by atoms with Gasteiger partial charge in [0, 0.05) is 0 Å². The molecule has 0 amide bonds. The van der Waals surface area contributed by atoms with E-state index in [1.165, 1.54) is 16.4 Å². The van der Waals surface area contributed by atoms with Crippen molar-refractivity contribution in [2.24, 2.45) is 0 Å². The molecule has 0 aliphatic rings. The maximum absolute atomic E-state index is 2.70. The molecule has 1 heteroatoms. The Morgan fingerprint density at radius 1 is 1.45 bits per heavy atom. The van der Waals surface area contributed by atoms with Crippen LogP contribution in [0.4, 0.5) is 0 Å². The van der Waals surface area contributed by atoms with Crippen molar-refractivity contribution in [3.05, 3.63) is 35.9 Å². The Kier molecular flexibility index (Phi) is 2.84. The van der Waals surface area contributed by atoms with Gasteiger partial charge in [-0.2, -0.15) is 0 Å². The van der Waals surface area contributed by atoms with Crippen LogP contribution in [0.25, 0.3) is 5.57 Å². The lowest BCUT2D eigenvalue weighted by atomic mass is 10.1. The van der Waals surface area contributed by atoms with Gasteiger partial charge in [-0.1, -0.05) is 24.3 Å². The summed E-state index contributed by atoms with van der Waals surface area (Å²) in [6, 6.07) is 8.45. The molecule has 58 valence electrons. The molecule has 0 aliphatic carbocycles. The second kappa shape index (κ2) is 3.69. The monoisotopic (exact) mass is 164 g/mol. The Hall–Kier alpha value is -0.610. The standard InChI is InChI=1S/C10H13P/c1-3-8(2)9-5-4-6-10(11)7-9/h3-7H,11H2,1-2H3/b8-3+. The SMILES string of the molecule is C/C=C(\C)c1cccc(P)c1. The van der Waals surface area contributed by atoms with E-state index in [0.717, 1.165) is 0 Å². The zero-order valence-electron chi connectivity index (χ0n) is 6.96. The number of hydrogen-bond donors (Lipinski definition) is 0. The van der Waals surface area contributed by atoms with Gasteiger partial charge in [-0.25, -0.2) is 0 Å². The van der Waals surface area contributed by atoms with Crippen LogP contribution in [-0.4, -0.2) is 0 Å². The first-order chi connectivity index (χ1) is 5.24. The fourth-order valence-electron chi connectivity index (χ4n) is 0.951. The molecule has 0 heterocycles. The van der Waals surface area contributed by atoms with E-state index in [1.807, 2.05) is 0 Å². The van der Waals surface area contributed by atoms with Crippen molar-refractivity contribution in [3.8, 4) is 0 Å². The summed E-state index contributed by atoms with van der Waals surface area (Å²) in [6.07, 6.45) is 2.12. The number of benzene rings is 1. The fraction of sp³-hybridized carbons (Fsp3) is 0.200. The quantitative estimate of drug-likeness (QED) is 0.560. The molecule has 1 rings (SSSR count). The van der Waals surface area contributed by atoms with Gasteiger partial charge in [0.25, 0.3) is 0 Å². The Bertz CT molecular complexity index is 274. The predicted octanol–water partition coefficient (Wildman–Crippen LogP) is 2.61. The molecule has 0 fully saturated rings. The van der Waals surface area contributed by atoms with Crippen molar-refractivity contribution in [2.75, 3.05) is 0 Å². The normalized spacial score (nSPS) is 11.7. The maximum Gasteiger partial charge on any atom is -0.0224 e. The molecule has 0 nitrogen and oxygen atoms in total. The van der Waals surface area contributed by atoms with Crippen molar-refractivity contribution in [2.45, 2.75) is 13.8 Å². The summed E-state index contributed by atoms with van der Waals surface area (Å²) >= 11 is 0. The van der Waals surface area contributed by atoms with E-state index < -0.39 is 0 Å². The molecular formula is C10H13P. The maximum atomic E-state index is 2.70. The lowest BCUT2D eigenvalue weighted by Crippen LogP contribution is -1.90. The lowest BCUT2D eigenvalue weighted by Gasteiger charge is -2.00. The summed E-state index contributed by atoms with van der Waals surface area (Å²) in [5.41, 5.74) is 2.63. The van der Waals surface area contributed by atoms with E-state index in [2.05, 4.69) is 53.4 Å². The van der Waals surface area contributed by atoms with E-state index in [1.54, 1.807) is 0 Å². The van der Waals surface area contributed by atoms with Gasteiger partial charge in [-0.3, -0.25) is 0 Å². The Labute approximate surface area is 70.5 Å². The van der Waals surface area contributed by atoms with Gasteiger partial charge in [-0.05, 0) is 36.4 Å². The van der Waals surface area contributed by atoms with Crippen LogP contribution in [0.1, 0.15) is 19.4 Å². The Morgan fingerprint density at radius 2 is 2.18 bits per heavy atom. The topological polar surface area (TPSA) is 0 Å². The average molecular weight is 164 g/mol.